The van der Waals surface area contributed by atoms with E-state index in [1.165, 1.54) is 22.2 Å². The van der Waals surface area contributed by atoms with Gasteiger partial charge in [-0.15, -0.1) is 0 Å². The van der Waals surface area contributed by atoms with Crippen molar-refractivity contribution < 1.29 is 33.9 Å². The van der Waals surface area contributed by atoms with Gasteiger partial charge in [-0.3, -0.25) is 0 Å². The van der Waals surface area contributed by atoms with Gasteiger partial charge in [-0.05, 0) is 135 Å². The first-order valence-electron chi connectivity index (χ1n) is 19.4. The zero-order chi connectivity index (χ0) is 35.3. The van der Waals surface area contributed by atoms with Gasteiger partial charge in [0.05, 0.1) is 29.0 Å². The summed E-state index contributed by atoms with van der Waals surface area (Å²) in [6.07, 6.45) is 5.04. The Hall–Kier alpha value is -1.78. The third kappa shape index (κ3) is 3.59. The fourth-order valence-electron chi connectivity index (χ4n) is 13.8. The molecule has 3 N–H and O–H groups in total. The average Bonchev–Trinajstić information content (AvgIpc) is 3.51. The molecule has 50 heavy (non-hydrogen) atoms. The summed E-state index contributed by atoms with van der Waals surface area (Å²) in [7, 11) is 0. The van der Waals surface area contributed by atoms with Crippen LogP contribution in [0.2, 0.25) is 0 Å². The Labute approximate surface area is 296 Å². The Morgan fingerprint density at radius 3 is 2.36 bits per heavy atom. The van der Waals surface area contributed by atoms with Crippen LogP contribution in [0.5, 0.6) is 0 Å². The standard InChI is InChI=1S/C42H57NO7/c1-20(2)17-28-47-32-34(38(7,8)48-28)46-27-14-15-39(9)40(10)21(13-16-41(39,45)42(27)35(32)49-42)18-24-29-23-19-25-30(37(5,6)50-36(25,3)4)31(44)22(23)11-12-26(29)43-33(24)40/h11-12,17,21,25,27-28,30-32,34-35,43-45H,13-16,18-19H2,1-10H3/t21?,25-,27?,28+,30+,31+,32-,34+,35+,39-,40-,41+,42+/m1/s1. The van der Waals surface area contributed by atoms with Gasteiger partial charge in [0, 0.05) is 33.3 Å². The van der Waals surface area contributed by atoms with Crippen molar-refractivity contribution in [2.75, 3.05) is 0 Å². The number of aromatic nitrogens is 1. The summed E-state index contributed by atoms with van der Waals surface area (Å²) in [5.74, 6) is 0.660. The predicted octanol–water partition coefficient (Wildman–Crippen LogP) is 6.72. The molecule has 0 radical (unpaired) electrons. The Morgan fingerprint density at radius 2 is 1.62 bits per heavy atom. The third-order valence-electron chi connectivity index (χ3n) is 16.1. The first kappa shape index (κ1) is 32.8. The number of H-pyrrole nitrogens is 1. The Morgan fingerprint density at radius 1 is 0.860 bits per heavy atom. The summed E-state index contributed by atoms with van der Waals surface area (Å²) in [5, 5.41) is 26.7. The molecule has 1 spiro atoms. The normalized spacial score (nSPS) is 49.7. The number of aliphatic hydroxyl groups is 2. The molecule has 5 heterocycles. The first-order chi connectivity index (χ1) is 23.3. The number of aromatic amines is 1. The van der Waals surface area contributed by atoms with Gasteiger partial charge in [-0.2, -0.15) is 0 Å². The average molecular weight is 688 g/mol. The summed E-state index contributed by atoms with van der Waals surface area (Å²) in [4.78, 5) is 3.99. The SMILES string of the molecule is CC(C)=C[C@H]1O[C@@H]2[C@H](OC3CC[C@@]4(C)[C@@](O)(CCC5Cc6c([nH]c7ccc8c(c67)C[C@@H]6[C@@H]([C@H]8O)C(C)(C)OC6(C)C)[C@@]54C)[C@]34O[C@@H]24)C(C)(C)O1. The lowest BCUT2D eigenvalue weighted by Gasteiger charge is -2.66. The molecule has 1 aromatic carbocycles. The van der Waals surface area contributed by atoms with Crippen LogP contribution in [0.1, 0.15) is 123 Å². The van der Waals surface area contributed by atoms with Crippen LogP contribution in [0.15, 0.2) is 23.8 Å². The van der Waals surface area contributed by atoms with E-state index in [0.717, 1.165) is 48.8 Å². The van der Waals surface area contributed by atoms with Crippen LogP contribution in [0.4, 0.5) is 0 Å². The highest BCUT2D eigenvalue weighted by molar-refractivity contribution is 5.91. The molecule has 4 aliphatic carbocycles. The molecule has 13 atom stereocenters. The van der Waals surface area contributed by atoms with Gasteiger partial charge in [0.15, 0.2) is 11.9 Å². The minimum absolute atomic E-state index is 0.0456. The van der Waals surface area contributed by atoms with Crippen molar-refractivity contribution in [1.82, 2.24) is 4.98 Å². The van der Waals surface area contributed by atoms with E-state index >= 15 is 0 Å². The molecule has 2 saturated carbocycles. The van der Waals surface area contributed by atoms with Gasteiger partial charge in [-0.25, -0.2) is 0 Å². The summed E-state index contributed by atoms with van der Waals surface area (Å²) < 4.78 is 33.5. The van der Waals surface area contributed by atoms with Gasteiger partial charge in [0.25, 0.3) is 0 Å². The minimum Gasteiger partial charge on any atom is -0.388 e. The lowest BCUT2D eigenvalue weighted by molar-refractivity contribution is -0.343. The molecule has 8 nitrogen and oxygen atoms in total. The smallest absolute Gasteiger partial charge is 0.178 e. The highest BCUT2D eigenvalue weighted by Gasteiger charge is 2.87. The van der Waals surface area contributed by atoms with Gasteiger partial charge in [-0.1, -0.05) is 25.5 Å². The summed E-state index contributed by atoms with van der Waals surface area (Å²) >= 11 is 0. The lowest BCUT2D eigenvalue weighted by Crippen LogP contribution is -2.77. The first-order valence-corrected chi connectivity index (χ1v) is 19.4. The van der Waals surface area contributed by atoms with Gasteiger partial charge in [0.1, 0.15) is 23.9 Å². The summed E-state index contributed by atoms with van der Waals surface area (Å²) in [6, 6.07) is 4.35. The second-order valence-corrected chi connectivity index (χ2v) is 19.8. The molecular formula is C42H57NO7. The van der Waals surface area contributed by atoms with Gasteiger partial charge in [0.2, 0.25) is 0 Å². The van der Waals surface area contributed by atoms with E-state index in [1.54, 1.807) is 0 Å². The molecule has 4 aliphatic heterocycles. The molecule has 8 heteroatoms. The maximum Gasteiger partial charge on any atom is 0.178 e. The monoisotopic (exact) mass is 687 g/mol. The second kappa shape index (κ2) is 9.47. The van der Waals surface area contributed by atoms with Crippen LogP contribution in [-0.4, -0.2) is 73.9 Å². The number of allylic oxidation sites excluding steroid dienone is 1. The van der Waals surface area contributed by atoms with E-state index < -0.39 is 40.2 Å². The lowest BCUT2D eigenvalue weighted by atomic mass is 9.40. The fourth-order valence-corrected chi connectivity index (χ4v) is 13.8. The Balaban J connectivity index is 1.06. The van der Waals surface area contributed by atoms with E-state index in [9.17, 15) is 10.2 Å². The van der Waals surface area contributed by atoms with Crippen molar-refractivity contribution in [3.8, 4) is 0 Å². The number of rotatable bonds is 1. The molecule has 0 amide bonds. The molecule has 4 saturated heterocycles. The van der Waals surface area contributed by atoms with Crippen molar-refractivity contribution in [2.45, 2.75) is 178 Å². The maximum absolute atomic E-state index is 13.5. The van der Waals surface area contributed by atoms with E-state index in [-0.39, 0.29) is 47.3 Å². The summed E-state index contributed by atoms with van der Waals surface area (Å²) in [5.41, 5.74) is 3.34. The number of hydrogen-bond donors (Lipinski definition) is 3. The largest absolute Gasteiger partial charge is 0.388 e. The third-order valence-corrected chi connectivity index (χ3v) is 16.1. The van der Waals surface area contributed by atoms with Crippen LogP contribution in [0, 0.1) is 23.2 Å². The second-order valence-electron chi connectivity index (χ2n) is 19.8. The quantitative estimate of drug-likeness (QED) is 0.226. The molecule has 6 fully saturated rings. The molecule has 272 valence electrons. The Kier molecular flexibility index (Phi) is 6.22. The van der Waals surface area contributed by atoms with Crippen molar-refractivity contribution in [1.29, 1.82) is 0 Å². The van der Waals surface area contributed by atoms with Crippen molar-refractivity contribution in [3.05, 3.63) is 46.2 Å². The van der Waals surface area contributed by atoms with Crippen molar-refractivity contribution >= 4 is 10.9 Å². The topological polar surface area (TPSA) is 106 Å². The number of benzene rings is 1. The number of ether oxygens (including phenoxy) is 5. The van der Waals surface area contributed by atoms with E-state index in [2.05, 4.69) is 86.4 Å². The predicted molar refractivity (Wildman–Crippen MR) is 189 cm³/mol. The number of epoxide rings is 1. The van der Waals surface area contributed by atoms with Crippen LogP contribution >= 0.6 is 0 Å². The number of hydrogen-bond acceptors (Lipinski definition) is 7. The van der Waals surface area contributed by atoms with Crippen LogP contribution in [0.3, 0.4) is 0 Å². The molecule has 10 rings (SSSR count). The Bertz CT molecular complexity index is 1850. The molecular weight excluding hydrogens is 630 g/mol. The van der Waals surface area contributed by atoms with Crippen LogP contribution < -0.4 is 0 Å². The highest BCUT2D eigenvalue weighted by Crippen LogP contribution is 2.75. The maximum atomic E-state index is 13.5. The number of fused-ring (bicyclic) bond motifs is 12. The molecule has 2 aromatic rings. The molecule has 8 aliphatic rings. The van der Waals surface area contributed by atoms with E-state index in [1.807, 2.05) is 6.08 Å². The molecule has 2 unspecified atom stereocenters. The zero-order valence-corrected chi connectivity index (χ0v) is 31.6. The minimum atomic E-state index is -1.10. The molecule has 0 bridgehead atoms. The van der Waals surface area contributed by atoms with Crippen molar-refractivity contribution in [3.63, 3.8) is 0 Å². The highest BCUT2D eigenvalue weighted by atomic mass is 16.8. The van der Waals surface area contributed by atoms with Crippen LogP contribution in [0.25, 0.3) is 10.9 Å². The molecule has 1 aromatic heterocycles. The van der Waals surface area contributed by atoms with Crippen LogP contribution in [-0.2, 0) is 41.9 Å². The number of aliphatic hydroxyl groups excluding tert-OH is 1. The van der Waals surface area contributed by atoms with E-state index in [0.29, 0.717) is 12.3 Å². The van der Waals surface area contributed by atoms with E-state index in [4.69, 9.17) is 23.7 Å². The summed E-state index contributed by atoms with van der Waals surface area (Å²) in [6.45, 7) is 21.8. The van der Waals surface area contributed by atoms with Crippen molar-refractivity contribution in [2.24, 2.45) is 23.2 Å². The number of nitrogens with one attached hydrogen (secondary N) is 1. The zero-order valence-electron chi connectivity index (χ0n) is 31.6. The fraction of sp³-hybridized carbons (Fsp3) is 0.762. The van der Waals surface area contributed by atoms with Gasteiger partial charge >= 0.3 is 0 Å². The van der Waals surface area contributed by atoms with Gasteiger partial charge < -0.3 is 38.9 Å².